The van der Waals surface area contributed by atoms with Gasteiger partial charge in [-0.05, 0) is 25.5 Å². The van der Waals surface area contributed by atoms with Crippen LogP contribution in [0.4, 0.5) is 0 Å². The Morgan fingerprint density at radius 3 is 2.52 bits per heavy atom. The number of hydrogen-bond donors (Lipinski definition) is 0. The Hall–Kier alpha value is -2.42. The number of nitrogens with zero attached hydrogens (tertiary/aromatic N) is 2. The Bertz CT molecular complexity index is 803. The molecule has 2 aromatic heterocycles. The van der Waals surface area contributed by atoms with E-state index in [4.69, 9.17) is 4.42 Å². The van der Waals surface area contributed by atoms with Crippen LogP contribution in [-0.4, -0.2) is 0 Å². The second-order valence-electron chi connectivity index (χ2n) is 5.52. The number of hydrogen-bond acceptors (Lipinski definition) is 1. The monoisotopic (exact) mass is 280 g/mol. The summed E-state index contributed by atoms with van der Waals surface area (Å²) in [4.78, 5) is 0. The van der Waals surface area contributed by atoms with Gasteiger partial charge in [0.2, 0.25) is 5.69 Å². The van der Waals surface area contributed by atoms with Crippen molar-refractivity contribution < 1.29 is 13.6 Å². The fourth-order valence-electron chi connectivity index (χ4n) is 2.73. The number of benzene rings is 1. The van der Waals surface area contributed by atoms with E-state index < -0.39 is 0 Å². The summed E-state index contributed by atoms with van der Waals surface area (Å²) in [6.45, 7) is 6.42. The van der Waals surface area contributed by atoms with Crippen molar-refractivity contribution in [2.24, 2.45) is 7.05 Å². The van der Waals surface area contributed by atoms with Crippen molar-refractivity contribution in [2.45, 2.75) is 20.8 Å². The molecule has 0 atom stereocenters. The molecule has 0 aliphatic heterocycles. The number of oxazole rings is 1. The SMILES string of the molecule is Cc1cc(-c2coc[n+]2C)c(C)c(-[n+]2ccccc2C)c1. The maximum atomic E-state index is 5.32. The molecule has 0 fully saturated rings. The maximum Gasteiger partial charge on any atom is 0.334 e. The quantitative estimate of drug-likeness (QED) is 0.661. The molecule has 2 heterocycles. The van der Waals surface area contributed by atoms with Crippen molar-refractivity contribution in [3.05, 3.63) is 66.0 Å². The Morgan fingerprint density at radius 1 is 1.05 bits per heavy atom. The van der Waals surface area contributed by atoms with E-state index in [0.717, 1.165) is 5.69 Å². The van der Waals surface area contributed by atoms with Crippen molar-refractivity contribution in [3.63, 3.8) is 0 Å². The highest BCUT2D eigenvalue weighted by atomic mass is 16.3. The first-order chi connectivity index (χ1) is 10.1. The van der Waals surface area contributed by atoms with Gasteiger partial charge in [-0.1, -0.05) is 6.07 Å². The molecular formula is C18H20N2O+2. The van der Waals surface area contributed by atoms with E-state index in [1.807, 2.05) is 11.6 Å². The minimum Gasteiger partial charge on any atom is -0.412 e. The molecule has 106 valence electrons. The van der Waals surface area contributed by atoms with Gasteiger partial charge in [0.05, 0.1) is 5.56 Å². The van der Waals surface area contributed by atoms with Gasteiger partial charge in [0.15, 0.2) is 18.2 Å². The zero-order valence-electron chi connectivity index (χ0n) is 12.9. The van der Waals surface area contributed by atoms with Crippen LogP contribution in [0.2, 0.25) is 0 Å². The van der Waals surface area contributed by atoms with Crippen LogP contribution in [0.25, 0.3) is 16.9 Å². The smallest absolute Gasteiger partial charge is 0.334 e. The standard InChI is InChI=1S/C18H20N2O/c1-13-9-16(18-11-21-12-19(18)4)15(3)17(10-13)20-8-6-5-7-14(20)2/h5-12H,1-4H3/q+2. The van der Waals surface area contributed by atoms with Crippen LogP contribution in [0, 0.1) is 20.8 Å². The third-order valence-electron chi connectivity index (χ3n) is 3.90. The summed E-state index contributed by atoms with van der Waals surface area (Å²) < 4.78 is 9.56. The van der Waals surface area contributed by atoms with Gasteiger partial charge in [0, 0.05) is 30.7 Å². The first-order valence-corrected chi connectivity index (χ1v) is 7.09. The van der Waals surface area contributed by atoms with E-state index in [1.54, 1.807) is 12.7 Å². The second-order valence-corrected chi connectivity index (χ2v) is 5.52. The van der Waals surface area contributed by atoms with Crippen molar-refractivity contribution >= 4 is 0 Å². The molecule has 3 heteroatoms. The lowest BCUT2D eigenvalue weighted by molar-refractivity contribution is -0.664. The fourth-order valence-corrected chi connectivity index (χ4v) is 2.73. The molecule has 3 rings (SSSR count). The predicted octanol–water partition coefficient (Wildman–Crippen LogP) is 2.97. The molecule has 0 radical (unpaired) electrons. The molecule has 21 heavy (non-hydrogen) atoms. The number of pyridine rings is 1. The summed E-state index contributed by atoms with van der Waals surface area (Å²) >= 11 is 0. The molecule has 0 N–H and O–H groups in total. The molecule has 0 spiro atoms. The lowest BCUT2D eigenvalue weighted by Gasteiger charge is -2.07. The highest BCUT2D eigenvalue weighted by Crippen LogP contribution is 2.25. The van der Waals surface area contributed by atoms with Gasteiger partial charge in [0.25, 0.3) is 5.69 Å². The molecule has 0 amide bonds. The first-order valence-electron chi connectivity index (χ1n) is 7.09. The molecule has 0 bridgehead atoms. The van der Waals surface area contributed by atoms with E-state index in [1.165, 1.54) is 28.1 Å². The summed E-state index contributed by atoms with van der Waals surface area (Å²) in [6.07, 6.45) is 5.63. The van der Waals surface area contributed by atoms with Crippen molar-refractivity contribution in [3.8, 4) is 16.9 Å². The topological polar surface area (TPSA) is 20.9 Å². The molecule has 1 aromatic carbocycles. The molecule has 3 nitrogen and oxygen atoms in total. The Morgan fingerprint density at radius 2 is 1.86 bits per heavy atom. The van der Waals surface area contributed by atoms with E-state index in [-0.39, 0.29) is 0 Å². The maximum absolute atomic E-state index is 5.32. The minimum atomic E-state index is 1.09. The van der Waals surface area contributed by atoms with Gasteiger partial charge < -0.3 is 4.42 Å². The Kier molecular flexibility index (Phi) is 3.34. The third kappa shape index (κ3) is 2.35. The Labute approximate surface area is 125 Å². The predicted molar refractivity (Wildman–Crippen MR) is 81.1 cm³/mol. The molecule has 0 unspecified atom stereocenters. The van der Waals surface area contributed by atoms with Gasteiger partial charge in [0.1, 0.15) is 7.05 Å². The normalized spacial score (nSPS) is 10.9. The number of aromatic nitrogens is 2. The van der Waals surface area contributed by atoms with Crippen LogP contribution < -0.4 is 9.13 Å². The first kappa shape index (κ1) is 13.6. The lowest BCUT2D eigenvalue weighted by Crippen LogP contribution is -2.35. The van der Waals surface area contributed by atoms with Crippen LogP contribution in [0.1, 0.15) is 16.8 Å². The minimum absolute atomic E-state index is 1.09. The van der Waals surface area contributed by atoms with Gasteiger partial charge in [-0.15, -0.1) is 0 Å². The van der Waals surface area contributed by atoms with Crippen LogP contribution in [0.5, 0.6) is 0 Å². The van der Waals surface area contributed by atoms with Crippen LogP contribution >= 0.6 is 0 Å². The van der Waals surface area contributed by atoms with Gasteiger partial charge in [-0.25, -0.2) is 0 Å². The van der Waals surface area contributed by atoms with E-state index in [0.29, 0.717) is 0 Å². The van der Waals surface area contributed by atoms with E-state index in [9.17, 15) is 0 Å². The largest absolute Gasteiger partial charge is 0.412 e. The molecule has 0 saturated heterocycles. The summed E-state index contributed by atoms with van der Waals surface area (Å²) in [5.74, 6) is 0. The van der Waals surface area contributed by atoms with Crippen molar-refractivity contribution in [2.75, 3.05) is 0 Å². The summed E-state index contributed by atoms with van der Waals surface area (Å²) in [6, 6.07) is 10.7. The van der Waals surface area contributed by atoms with Gasteiger partial charge in [-0.2, -0.15) is 9.13 Å². The Balaban J connectivity index is 2.27. The summed E-state index contributed by atoms with van der Waals surface area (Å²) in [7, 11) is 2.00. The zero-order chi connectivity index (χ0) is 15.0. The van der Waals surface area contributed by atoms with Crippen LogP contribution in [0.3, 0.4) is 0 Å². The number of rotatable bonds is 2. The van der Waals surface area contributed by atoms with E-state index >= 15 is 0 Å². The molecule has 0 aliphatic carbocycles. The molecule has 3 aromatic rings. The van der Waals surface area contributed by atoms with Gasteiger partial charge in [-0.3, -0.25) is 0 Å². The van der Waals surface area contributed by atoms with Gasteiger partial charge >= 0.3 is 6.39 Å². The average molecular weight is 280 g/mol. The van der Waals surface area contributed by atoms with Crippen molar-refractivity contribution in [1.29, 1.82) is 0 Å². The molecule has 0 aliphatic rings. The lowest BCUT2D eigenvalue weighted by atomic mass is 10.0. The van der Waals surface area contributed by atoms with Crippen LogP contribution in [-0.2, 0) is 7.05 Å². The summed E-state index contributed by atoms with van der Waals surface area (Å²) in [5, 5.41) is 0. The highest BCUT2D eigenvalue weighted by molar-refractivity contribution is 5.65. The number of aryl methyl sites for hydroxylation is 3. The van der Waals surface area contributed by atoms with E-state index in [2.05, 4.69) is 61.9 Å². The molecular weight excluding hydrogens is 260 g/mol. The highest BCUT2D eigenvalue weighted by Gasteiger charge is 2.22. The third-order valence-corrected chi connectivity index (χ3v) is 3.90. The summed E-state index contributed by atoms with van der Waals surface area (Å²) in [5.41, 5.74) is 7.21. The average Bonchev–Trinajstić information content (AvgIpc) is 2.88. The van der Waals surface area contributed by atoms with Crippen molar-refractivity contribution in [1.82, 2.24) is 0 Å². The second kappa shape index (κ2) is 5.17. The fraction of sp³-hybridized carbons (Fsp3) is 0.222. The molecule has 0 saturated carbocycles. The van der Waals surface area contributed by atoms with Crippen LogP contribution in [0.15, 0.2) is 53.6 Å². The zero-order valence-corrected chi connectivity index (χ0v) is 12.9.